The fraction of sp³-hybridized carbons (Fsp3) is 0.348. The summed E-state index contributed by atoms with van der Waals surface area (Å²) in [6.45, 7) is 6.80. The van der Waals surface area contributed by atoms with E-state index in [-0.39, 0.29) is 11.7 Å². The highest BCUT2D eigenvalue weighted by atomic mass is 32.2. The number of rotatable bonds is 8. The molecule has 2 aromatic heterocycles. The molecule has 4 rings (SSSR count). The van der Waals surface area contributed by atoms with Gasteiger partial charge in [-0.3, -0.25) is 13.8 Å². The van der Waals surface area contributed by atoms with Crippen LogP contribution in [0.15, 0.2) is 58.5 Å². The molecular weight excluding hydrogens is 396 g/mol. The second kappa shape index (κ2) is 8.92. The molecule has 0 saturated carbocycles. The Hall–Kier alpha value is -2.80. The number of fused-ring (bicyclic) bond motifs is 3. The molecule has 2 heterocycles. The van der Waals surface area contributed by atoms with Crippen LogP contribution in [0.2, 0.25) is 0 Å². The summed E-state index contributed by atoms with van der Waals surface area (Å²) in [6, 6.07) is 15.8. The number of hydrogen-bond acceptors (Lipinski definition) is 5. The van der Waals surface area contributed by atoms with E-state index in [2.05, 4.69) is 29.3 Å². The van der Waals surface area contributed by atoms with E-state index in [1.165, 1.54) is 0 Å². The lowest BCUT2D eigenvalue weighted by atomic mass is 10.2. The van der Waals surface area contributed by atoms with Crippen LogP contribution in [0, 0.1) is 0 Å². The highest BCUT2D eigenvalue weighted by Gasteiger charge is 2.16. The average Bonchev–Trinajstić information content (AvgIpc) is 3.16. The second-order valence-electron chi connectivity index (χ2n) is 7.55. The molecule has 0 amide bonds. The van der Waals surface area contributed by atoms with Gasteiger partial charge in [0, 0.05) is 12.3 Å². The van der Waals surface area contributed by atoms with E-state index in [1.54, 1.807) is 16.3 Å². The predicted octanol–water partition coefficient (Wildman–Crippen LogP) is 4.92. The van der Waals surface area contributed by atoms with Gasteiger partial charge in [-0.1, -0.05) is 49.4 Å². The molecule has 6 nitrogen and oxygen atoms in total. The minimum absolute atomic E-state index is 0.00552. The predicted molar refractivity (Wildman–Crippen MR) is 121 cm³/mol. The third-order valence-corrected chi connectivity index (χ3v) is 5.85. The van der Waals surface area contributed by atoms with E-state index >= 15 is 0 Å². The first-order valence-electron chi connectivity index (χ1n) is 10.3. The lowest BCUT2D eigenvalue weighted by Gasteiger charge is -2.11. The van der Waals surface area contributed by atoms with Gasteiger partial charge in [0.25, 0.3) is 5.56 Å². The van der Waals surface area contributed by atoms with E-state index in [9.17, 15) is 4.79 Å². The maximum atomic E-state index is 13.0. The Kier molecular flexibility index (Phi) is 6.08. The molecule has 156 valence electrons. The number of aromatic nitrogens is 4. The molecule has 0 radical (unpaired) electrons. The van der Waals surface area contributed by atoms with Crippen molar-refractivity contribution in [2.75, 3.05) is 0 Å². The summed E-state index contributed by atoms with van der Waals surface area (Å²) < 4.78 is 9.56. The molecule has 0 fully saturated rings. The molecular formula is C23H26N4O2S. The Morgan fingerprint density at radius 3 is 2.73 bits per heavy atom. The summed E-state index contributed by atoms with van der Waals surface area (Å²) in [5.74, 6) is 2.21. The highest BCUT2D eigenvalue weighted by molar-refractivity contribution is 7.98. The van der Waals surface area contributed by atoms with Gasteiger partial charge in [0.05, 0.1) is 17.0 Å². The van der Waals surface area contributed by atoms with Gasteiger partial charge in [-0.25, -0.2) is 0 Å². The lowest BCUT2D eigenvalue weighted by molar-refractivity contribution is 0.242. The molecule has 0 aliphatic rings. The van der Waals surface area contributed by atoms with Crippen molar-refractivity contribution in [2.45, 2.75) is 57.2 Å². The van der Waals surface area contributed by atoms with Crippen LogP contribution in [0.3, 0.4) is 0 Å². The van der Waals surface area contributed by atoms with Crippen molar-refractivity contribution in [2.24, 2.45) is 0 Å². The van der Waals surface area contributed by atoms with Gasteiger partial charge < -0.3 is 4.74 Å². The number of ether oxygens (including phenoxy) is 1. The number of unbranched alkanes of at least 4 members (excludes halogenated alkanes) is 1. The first-order valence-corrected chi connectivity index (χ1v) is 11.3. The van der Waals surface area contributed by atoms with Crippen molar-refractivity contribution in [3.05, 3.63) is 64.4 Å². The van der Waals surface area contributed by atoms with Gasteiger partial charge in [-0.15, -0.1) is 10.2 Å². The molecule has 4 aromatic rings. The largest absolute Gasteiger partial charge is 0.491 e. The van der Waals surface area contributed by atoms with Gasteiger partial charge in [-0.05, 0) is 50.1 Å². The van der Waals surface area contributed by atoms with E-state index in [1.807, 2.05) is 54.6 Å². The number of aryl methyl sites for hydroxylation is 1. The molecule has 0 atom stereocenters. The zero-order valence-corrected chi connectivity index (χ0v) is 18.4. The SMILES string of the molecule is CCCCn1c(=O)c2ccccc2n2c(SCc3cccc(OC(C)C)c3)nnc12. The van der Waals surface area contributed by atoms with Crippen LogP contribution in [0.5, 0.6) is 5.75 Å². The van der Waals surface area contributed by atoms with Gasteiger partial charge in [0.1, 0.15) is 5.75 Å². The summed E-state index contributed by atoms with van der Waals surface area (Å²) in [5.41, 5.74) is 1.99. The number of benzene rings is 2. The summed E-state index contributed by atoms with van der Waals surface area (Å²) in [7, 11) is 0. The normalized spacial score (nSPS) is 11.6. The molecule has 0 unspecified atom stereocenters. The quantitative estimate of drug-likeness (QED) is 0.377. The third kappa shape index (κ3) is 4.07. The van der Waals surface area contributed by atoms with Gasteiger partial charge in [0.2, 0.25) is 5.78 Å². The molecule has 30 heavy (non-hydrogen) atoms. The Morgan fingerprint density at radius 1 is 1.10 bits per heavy atom. The van der Waals surface area contributed by atoms with Crippen molar-refractivity contribution in [1.29, 1.82) is 0 Å². The monoisotopic (exact) mass is 422 g/mol. The summed E-state index contributed by atoms with van der Waals surface area (Å²) in [6.07, 6.45) is 2.07. The number of thioether (sulfide) groups is 1. The Labute approximate surface area is 179 Å². The van der Waals surface area contributed by atoms with Crippen molar-refractivity contribution in [3.63, 3.8) is 0 Å². The van der Waals surface area contributed by atoms with Crippen molar-refractivity contribution in [1.82, 2.24) is 19.2 Å². The highest BCUT2D eigenvalue weighted by Crippen LogP contribution is 2.26. The minimum Gasteiger partial charge on any atom is -0.491 e. The first kappa shape index (κ1) is 20.5. The van der Waals surface area contributed by atoms with Crippen LogP contribution in [0.1, 0.15) is 39.2 Å². The van der Waals surface area contributed by atoms with E-state index in [0.29, 0.717) is 17.7 Å². The second-order valence-corrected chi connectivity index (χ2v) is 8.49. The number of hydrogen-bond donors (Lipinski definition) is 0. The van der Waals surface area contributed by atoms with E-state index in [4.69, 9.17) is 4.74 Å². The first-order chi connectivity index (χ1) is 14.6. The zero-order valence-electron chi connectivity index (χ0n) is 17.5. The molecule has 0 spiro atoms. The standard InChI is InChI=1S/C23H26N4O2S/c1-4-5-13-26-21(28)19-11-6-7-12-20(19)27-22(26)24-25-23(27)30-15-17-9-8-10-18(14-17)29-16(2)3/h6-12,14,16H,4-5,13,15H2,1-3H3. The molecule has 0 bridgehead atoms. The molecule has 0 N–H and O–H groups in total. The fourth-order valence-corrected chi connectivity index (χ4v) is 4.36. The average molecular weight is 423 g/mol. The number of nitrogens with zero attached hydrogens (tertiary/aromatic N) is 4. The Bertz CT molecular complexity index is 1230. The Morgan fingerprint density at radius 2 is 1.93 bits per heavy atom. The topological polar surface area (TPSA) is 61.4 Å². The Balaban J connectivity index is 1.72. The third-order valence-electron chi connectivity index (χ3n) is 4.85. The summed E-state index contributed by atoms with van der Waals surface area (Å²) in [5, 5.41) is 10.3. The molecule has 0 aliphatic heterocycles. The molecule has 7 heteroatoms. The number of para-hydroxylation sites is 1. The molecule has 0 saturated heterocycles. The minimum atomic E-state index is -0.00552. The molecule has 0 aliphatic carbocycles. The van der Waals surface area contributed by atoms with Crippen LogP contribution in [-0.2, 0) is 12.3 Å². The van der Waals surface area contributed by atoms with Crippen molar-refractivity contribution >= 4 is 28.4 Å². The van der Waals surface area contributed by atoms with Gasteiger partial charge in [-0.2, -0.15) is 0 Å². The van der Waals surface area contributed by atoms with Gasteiger partial charge >= 0.3 is 0 Å². The van der Waals surface area contributed by atoms with Crippen molar-refractivity contribution < 1.29 is 4.74 Å². The van der Waals surface area contributed by atoms with E-state index in [0.717, 1.165) is 40.6 Å². The maximum absolute atomic E-state index is 13.0. The van der Waals surface area contributed by atoms with Crippen LogP contribution in [0.25, 0.3) is 16.7 Å². The maximum Gasteiger partial charge on any atom is 0.262 e. The van der Waals surface area contributed by atoms with Crippen LogP contribution < -0.4 is 10.3 Å². The zero-order chi connectivity index (χ0) is 21.1. The smallest absolute Gasteiger partial charge is 0.262 e. The lowest BCUT2D eigenvalue weighted by Crippen LogP contribution is -2.23. The fourth-order valence-electron chi connectivity index (χ4n) is 3.47. The van der Waals surface area contributed by atoms with Gasteiger partial charge in [0.15, 0.2) is 5.16 Å². The van der Waals surface area contributed by atoms with Crippen molar-refractivity contribution in [3.8, 4) is 5.75 Å². The van der Waals surface area contributed by atoms with Crippen LogP contribution >= 0.6 is 11.8 Å². The van der Waals surface area contributed by atoms with Crippen LogP contribution in [0.4, 0.5) is 0 Å². The van der Waals surface area contributed by atoms with Crippen LogP contribution in [-0.4, -0.2) is 25.3 Å². The molecule has 2 aromatic carbocycles. The van der Waals surface area contributed by atoms with E-state index < -0.39 is 0 Å². The summed E-state index contributed by atoms with van der Waals surface area (Å²) in [4.78, 5) is 13.0. The summed E-state index contributed by atoms with van der Waals surface area (Å²) >= 11 is 1.61.